The van der Waals surface area contributed by atoms with Crippen molar-refractivity contribution in [2.75, 3.05) is 5.75 Å². The molecule has 96 valence electrons. The fraction of sp³-hybridized carbons (Fsp3) is 0.300. The molecule has 0 aliphatic carbocycles. The van der Waals surface area contributed by atoms with Crippen LogP contribution in [-0.2, 0) is 11.0 Å². The Kier molecular flexibility index (Phi) is 4.55. The normalized spacial score (nSPS) is 11.0. The first-order valence-electron chi connectivity index (χ1n) is 4.67. The molecule has 0 radical (unpaired) electrons. The van der Waals surface area contributed by atoms with Crippen molar-refractivity contribution in [2.45, 2.75) is 17.6 Å². The van der Waals surface area contributed by atoms with E-state index < -0.39 is 17.8 Å². The summed E-state index contributed by atoms with van der Waals surface area (Å²) >= 11 is 0.816. The second-order valence-corrected chi connectivity index (χ2v) is 4.23. The average molecular weight is 276 g/mol. The van der Waals surface area contributed by atoms with Gasteiger partial charge in [0.2, 0.25) is 0 Å². The number of pyridine rings is 1. The van der Waals surface area contributed by atoms with Crippen LogP contribution in [0.3, 0.4) is 0 Å². The highest BCUT2D eigenvalue weighted by Crippen LogP contribution is 2.30. The van der Waals surface area contributed by atoms with Gasteiger partial charge in [-0.25, -0.2) is 4.98 Å². The molecule has 0 aromatic carbocycles. The van der Waals surface area contributed by atoms with Crippen LogP contribution in [-0.4, -0.2) is 21.8 Å². The van der Waals surface area contributed by atoms with Crippen molar-refractivity contribution in [3.8, 4) is 6.07 Å². The number of carboxylic acid groups (broad SMARTS) is 1. The molecule has 8 heteroatoms. The van der Waals surface area contributed by atoms with Gasteiger partial charge in [-0.3, -0.25) is 4.79 Å². The molecule has 0 spiro atoms. The van der Waals surface area contributed by atoms with Crippen molar-refractivity contribution in [1.82, 2.24) is 4.98 Å². The maximum atomic E-state index is 12.4. The van der Waals surface area contributed by atoms with E-state index in [0.717, 1.165) is 23.9 Å². The van der Waals surface area contributed by atoms with Gasteiger partial charge in [0.1, 0.15) is 16.8 Å². The molecule has 0 atom stereocenters. The molecule has 4 nitrogen and oxygen atoms in total. The Labute approximate surface area is 104 Å². The van der Waals surface area contributed by atoms with Gasteiger partial charge in [0.25, 0.3) is 0 Å². The number of aliphatic carboxylic acids is 1. The smallest absolute Gasteiger partial charge is 0.433 e. The summed E-state index contributed by atoms with van der Waals surface area (Å²) in [7, 11) is 0. The molecule has 0 aliphatic heterocycles. The molecule has 0 saturated heterocycles. The van der Waals surface area contributed by atoms with Crippen LogP contribution >= 0.6 is 11.8 Å². The number of carboxylic acids is 1. The number of alkyl halides is 3. The number of carbonyl (C=O) groups is 1. The third kappa shape index (κ3) is 3.92. The van der Waals surface area contributed by atoms with E-state index in [1.54, 1.807) is 6.07 Å². The maximum Gasteiger partial charge on any atom is 0.433 e. The Balaban J connectivity index is 2.93. The summed E-state index contributed by atoms with van der Waals surface area (Å²) in [5.41, 5.74) is -1.10. The zero-order valence-electron chi connectivity index (χ0n) is 8.86. The summed E-state index contributed by atoms with van der Waals surface area (Å²) in [5, 5.41) is 17.0. The van der Waals surface area contributed by atoms with Crippen LogP contribution in [0.1, 0.15) is 17.7 Å². The first-order chi connectivity index (χ1) is 8.34. The lowest BCUT2D eigenvalue weighted by atomic mass is 10.2. The summed E-state index contributed by atoms with van der Waals surface area (Å²) in [6, 6.07) is 3.46. The highest BCUT2D eigenvalue weighted by molar-refractivity contribution is 7.99. The zero-order valence-corrected chi connectivity index (χ0v) is 9.68. The third-order valence-corrected chi connectivity index (χ3v) is 2.82. The van der Waals surface area contributed by atoms with Crippen molar-refractivity contribution < 1.29 is 23.1 Å². The van der Waals surface area contributed by atoms with Gasteiger partial charge >= 0.3 is 12.1 Å². The van der Waals surface area contributed by atoms with Gasteiger partial charge in [-0.1, -0.05) is 0 Å². The van der Waals surface area contributed by atoms with E-state index in [1.807, 2.05) is 0 Å². The minimum Gasteiger partial charge on any atom is -0.481 e. The van der Waals surface area contributed by atoms with E-state index in [-0.39, 0.29) is 22.8 Å². The molecule has 0 amide bonds. The number of halogens is 3. The van der Waals surface area contributed by atoms with Gasteiger partial charge < -0.3 is 5.11 Å². The molecule has 1 N–H and O–H groups in total. The Morgan fingerprint density at radius 2 is 2.17 bits per heavy atom. The molecule has 1 aromatic heterocycles. The largest absolute Gasteiger partial charge is 0.481 e. The van der Waals surface area contributed by atoms with E-state index in [9.17, 15) is 18.0 Å². The van der Waals surface area contributed by atoms with E-state index in [4.69, 9.17) is 10.4 Å². The van der Waals surface area contributed by atoms with Crippen molar-refractivity contribution >= 4 is 17.7 Å². The lowest BCUT2D eigenvalue weighted by Gasteiger charge is -2.08. The van der Waals surface area contributed by atoms with Crippen molar-refractivity contribution in [2.24, 2.45) is 0 Å². The number of hydrogen-bond acceptors (Lipinski definition) is 4. The predicted octanol–water partition coefficient (Wildman–Crippen LogP) is 2.54. The van der Waals surface area contributed by atoms with E-state index in [2.05, 4.69) is 4.98 Å². The van der Waals surface area contributed by atoms with Crippen LogP contribution in [0, 0.1) is 11.3 Å². The fourth-order valence-electron chi connectivity index (χ4n) is 1.03. The van der Waals surface area contributed by atoms with Gasteiger partial charge in [-0.15, -0.1) is 11.8 Å². The Morgan fingerprint density at radius 1 is 1.50 bits per heavy atom. The molecule has 0 unspecified atom stereocenters. The molecular weight excluding hydrogens is 269 g/mol. The van der Waals surface area contributed by atoms with Crippen LogP contribution in [0.15, 0.2) is 17.2 Å². The second-order valence-electron chi connectivity index (χ2n) is 3.15. The summed E-state index contributed by atoms with van der Waals surface area (Å²) in [4.78, 5) is 13.6. The van der Waals surface area contributed by atoms with Crippen molar-refractivity contribution in [1.29, 1.82) is 5.26 Å². The molecule has 1 aromatic rings. The Bertz CT molecular complexity index is 497. The SMILES string of the molecule is N#Cc1ccc(C(F)(F)F)nc1SCCC(=O)O. The highest BCUT2D eigenvalue weighted by atomic mass is 32.2. The van der Waals surface area contributed by atoms with Gasteiger partial charge in [0.05, 0.1) is 12.0 Å². The molecule has 0 saturated carbocycles. The van der Waals surface area contributed by atoms with E-state index >= 15 is 0 Å². The van der Waals surface area contributed by atoms with Gasteiger partial charge in [0, 0.05) is 5.75 Å². The van der Waals surface area contributed by atoms with Gasteiger partial charge in [-0.2, -0.15) is 18.4 Å². The molecule has 0 bridgehead atoms. The third-order valence-electron chi connectivity index (χ3n) is 1.83. The van der Waals surface area contributed by atoms with Crippen molar-refractivity contribution in [3.05, 3.63) is 23.4 Å². The number of aromatic nitrogens is 1. The lowest BCUT2D eigenvalue weighted by molar-refractivity contribution is -0.141. The predicted molar refractivity (Wildman–Crippen MR) is 56.9 cm³/mol. The standard InChI is InChI=1S/C10H7F3N2O2S/c11-10(12,13)7-2-1-6(5-14)9(15-7)18-4-3-8(16)17/h1-2H,3-4H2,(H,16,17). The van der Waals surface area contributed by atoms with E-state index in [0.29, 0.717) is 0 Å². The number of rotatable bonds is 4. The Morgan fingerprint density at radius 3 is 2.67 bits per heavy atom. The van der Waals surface area contributed by atoms with Crippen LogP contribution in [0.25, 0.3) is 0 Å². The molecule has 0 fully saturated rings. The minimum atomic E-state index is -4.59. The first kappa shape index (κ1) is 14.3. The molecule has 1 rings (SSSR count). The number of nitriles is 1. The minimum absolute atomic E-state index is 0.00149. The number of hydrogen-bond donors (Lipinski definition) is 1. The summed E-state index contributed by atoms with van der Waals surface area (Å²) < 4.78 is 37.2. The van der Waals surface area contributed by atoms with Crippen LogP contribution < -0.4 is 0 Å². The lowest BCUT2D eigenvalue weighted by Crippen LogP contribution is -2.09. The fourth-order valence-corrected chi connectivity index (χ4v) is 1.93. The highest BCUT2D eigenvalue weighted by Gasteiger charge is 2.33. The quantitative estimate of drug-likeness (QED) is 0.855. The van der Waals surface area contributed by atoms with Crippen molar-refractivity contribution in [3.63, 3.8) is 0 Å². The maximum absolute atomic E-state index is 12.4. The van der Waals surface area contributed by atoms with Gasteiger partial charge in [0.15, 0.2) is 0 Å². The van der Waals surface area contributed by atoms with E-state index in [1.165, 1.54) is 0 Å². The summed E-state index contributed by atoms with van der Waals surface area (Å²) in [6.07, 6.45) is -4.80. The van der Waals surface area contributed by atoms with Crippen LogP contribution in [0.5, 0.6) is 0 Å². The Hall–Kier alpha value is -1.75. The molecular formula is C10H7F3N2O2S. The van der Waals surface area contributed by atoms with Crippen LogP contribution in [0.4, 0.5) is 13.2 Å². The topological polar surface area (TPSA) is 74.0 Å². The second kappa shape index (κ2) is 5.73. The molecule has 18 heavy (non-hydrogen) atoms. The zero-order chi connectivity index (χ0) is 13.8. The average Bonchev–Trinajstić information content (AvgIpc) is 2.27. The summed E-state index contributed by atoms with van der Waals surface area (Å²) in [5.74, 6) is -1.01. The number of nitrogens with zero attached hydrogens (tertiary/aromatic N) is 2. The van der Waals surface area contributed by atoms with Crippen LogP contribution in [0.2, 0.25) is 0 Å². The molecule has 0 aliphatic rings. The first-order valence-corrected chi connectivity index (χ1v) is 5.66. The van der Waals surface area contributed by atoms with Gasteiger partial charge in [-0.05, 0) is 12.1 Å². The number of thioether (sulfide) groups is 1. The monoisotopic (exact) mass is 276 g/mol. The molecule has 1 heterocycles. The summed E-state index contributed by atoms with van der Waals surface area (Å²) in [6.45, 7) is 0.